The van der Waals surface area contributed by atoms with E-state index >= 15 is 0 Å². The predicted molar refractivity (Wildman–Crippen MR) is 83.3 cm³/mol. The van der Waals surface area contributed by atoms with Crippen molar-refractivity contribution >= 4 is 56.7 Å². The molecule has 0 aliphatic carbocycles. The lowest BCUT2D eigenvalue weighted by Gasteiger charge is -2.07. The van der Waals surface area contributed by atoms with Crippen molar-refractivity contribution in [2.24, 2.45) is 0 Å². The molecular formula is C13H7BrCl2N2O3. The molecule has 1 heterocycles. The van der Waals surface area contributed by atoms with Crippen LogP contribution in [-0.4, -0.2) is 22.0 Å². The van der Waals surface area contributed by atoms with Gasteiger partial charge in [-0.15, -0.1) is 0 Å². The van der Waals surface area contributed by atoms with E-state index in [1.807, 2.05) is 0 Å². The Labute approximate surface area is 138 Å². The third-order valence-electron chi connectivity index (χ3n) is 2.51. The molecule has 0 bridgehead atoms. The topological polar surface area (TPSA) is 79.3 Å². The summed E-state index contributed by atoms with van der Waals surface area (Å²) in [5.41, 5.74) is 0.593. The molecule has 1 aromatic heterocycles. The molecule has 0 saturated heterocycles. The number of anilines is 1. The second kappa shape index (κ2) is 6.43. The second-order valence-electron chi connectivity index (χ2n) is 3.95. The molecule has 0 radical (unpaired) electrons. The Morgan fingerprint density at radius 2 is 1.95 bits per heavy atom. The number of carbonyl (C=O) groups excluding carboxylic acids is 1. The normalized spacial score (nSPS) is 10.2. The lowest BCUT2D eigenvalue weighted by Crippen LogP contribution is -2.13. The van der Waals surface area contributed by atoms with Gasteiger partial charge in [0.2, 0.25) is 0 Å². The van der Waals surface area contributed by atoms with Gasteiger partial charge in [0.15, 0.2) is 0 Å². The van der Waals surface area contributed by atoms with E-state index in [4.69, 9.17) is 28.3 Å². The lowest BCUT2D eigenvalue weighted by molar-refractivity contribution is 0.0695. The summed E-state index contributed by atoms with van der Waals surface area (Å²) in [7, 11) is 0. The molecular weight excluding hydrogens is 383 g/mol. The molecule has 0 fully saturated rings. The monoisotopic (exact) mass is 388 g/mol. The summed E-state index contributed by atoms with van der Waals surface area (Å²) in [6.45, 7) is 0. The van der Waals surface area contributed by atoms with Gasteiger partial charge in [-0.05, 0) is 40.2 Å². The molecule has 0 aliphatic heterocycles. The zero-order valence-electron chi connectivity index (χ0n) is 10.2. The molecule has 2 aromatic rings. The summed E-state index contributed by atoms with van der Waals surface area (Å²) in [5, 5.41) is 11.8. The predicted octanol–water partition coefficient (Wildman–Crippen LogP) is 4.10. The minimum absolute atomic E-state index is 0.0417. The number of nitrogens with one attached hydrogen (secondary N) is 1. The maximum Gasteiger partial charge on any atom is 0.336 e. The third kappa shape index (κ3) is 3.72. The number of hydrogen-bond donors (Lipinski definition) is 2. The summed E-state index contributed by atoms with van der Waals surface area (Å²) in [6, 6.07) is 5.82. The van der Waals surface area contributed by atoms with Crippen LogP contribution in [0.15, 0.2) is 34.9 Å². The number of aromatic nitrogens is 1. The SMILES string of the molecule is O=C(Nc1ccc(Br)c(C(=O)O)c1)c1cnc(Cl)c(Cl)c1. The Bertz CT molecular complexity index is 737. The van der Waals surface area contributed by atoms with Gasteiger partial charge in [-0.2, -0.15) is 0 Å². The van der Waals surface area contributed by atoms with Crippen LogP contribution < -0.4 is 5.32 Å². The van der Waals surface area contributed by atoms with Crippen molar-refractivity contribution in [2.75, 3.05) is 5.32 Å². The van der Waals surface area contributed by atoms with Crippen LogP contribution in [-0.2, 0) is 0 Å². The molecule has 21 heavy (non-hydrogen) atoms. The van der Waals surface area contributed by atoms with Crippen molar-refractivity contribution in [3.63, 3.8) is 0 Å². The van der Waals surface area contributed by atoms with Crippen LogP contribution in [0, 0.1) is 0 Å². The average Bonchev–Trinajstić information content (AvgIpc) is 2.43. The van der Waals surface area contributed by atoms with E-state index in [-0.39, 0.29) is 21.3 Å². The fourth-order valence-electron chi connectivity index (χ4n) is 1.52. The number of hydrogen-bond acceptors (Lipinski definition) is 3. The van der Waals surface area contributed by atoms with Crippen molar-refractivity contribution in [1.29, 1.82) is 0 Å². The number of rotatable bonds is 3. The summed E-state index contributed by atoms with van der Waals surface area (Å²) < 4.78 is 0.421. The Kier molecular flexibility index (Phi) is 4.82. The molecule has 8 heteroatoms. The quantitative estimate of drug-likeness (QED) is 0.774. The Morgan fingerprint density at radius 1 is 1.24 bits per heavy atom. The van der Waals surface area contributed by atoms with Crippen molar-refractivity contribution in [1.82, 2.24) is 4.98 Å². The highest BCUT2D eigenvalue weighted by Crippen LogP contribution is 2.23. The fraction of sp³-hybridized carbons (Fsp3) is 0. The molecule has 1 amide bonds. The molecule has 0 spiro atoms. The highest BCUT2D eigenvalue weighted by molar-refractivity contribution is 9.10. The standard InChI is InChI=1S/C13H7BrCl2N2O3/c14-9-2-1-7(4-8(9)13(20)21)18-12(19)6-3-10(15)11(16)17-5-6/h1-5H,(H,18,19)(H,20,21). The number of carboxylic acid groups (broad SMARTS) is 1. The van der Waals surface area contributed by atoms with Crippen LogP contribution in [0.25, 0.3) is 0 Å². The highest BCUT2D eigenvalue weighted by Gasteiger charge is 2.13. The molecule has 0 aliphatic rings. The first-order valence-corrected chi connectivity index (χ1v) is 7.08. The minimum Gasteiger partial charge on any atom is -0.478 e. The number of carbonyl (C=O) groups is 2. The largest absolute Gasteiger partial charge is 0.478 e. The van der Waals surface area contributed by atoms with Crippen LogP contribution >= 0.6 is 39.1 Å². The maximum absolute atomic E-state index is 12.0. The van der Waals surface area contributed by atoms with Gasteiger partial charge in [0.05, 0.1) is 16.1 Å². The molecule has 0 unspecified atom stereocenters. The fourth-order valence-corrected chi connectivity index (χ4v) is 2.20. The van der Waals surface area contributed by atoms with Crippen molar-refractivity contribution < 1.29 is 14.7 Å². The molecule has 2 N–H and O–H groups in total. The summed E-state index contributed by atoms with van der Waals surface area (Å²) >= 11 is 14.6. The highest BCUT2D eigenvalue weighted by atomic mass is 79.9. The summed E-state index contributed by atoms with van der Waals surface area (Å²) in [5.74, 6) is -1.58. The second-order valence-corrected chi connectivity index (χ2v) is 5.57. The van der Waals surface area contributed by atoms with Gasteiger partial charge < -0.3 is 10.4 Å². The van der Waals surface area contributed by atoms with Gasteiger partial charge in [-0.3, -0.25) is 4.79 Å². The first-order valence-electron chi connectivity index (χ1n) is 5.53. The zero-order valence-corrected chi connectivity index (χ0v) is 13.3. The molecule has 0 atom stereocenters. The van der Waals surface area contributed by atoms with E-state index in [0.717, 1.165) is 0 Å². The number of aromatic carboxylic acids is 1. The number of carboxylic acids is 1. The molecule has 1 aromatic carbocycles. The number of benzene rings is 1. The van der Waals surface area contributed by atoms with Gasteiger partial charge in [-0.25, -0.2) is 9.78 Å². The van der Waals surface area contributed by atoms with E-state index < -0.39 is 11.9 Å². The van der Waals surface area contributed by atoms with Crippen LogP contribution in [0.3, 0.4) is 0 Å². The van der Waals surface area contributed by atoms with Crippen LogP contribution in [0.2, 0.25) is 10.2 Å². The van der Waals surface area contributed by atoms with Crippen molar-refractivity contribution in [2.45, 2.75) is 0 Å². The summed E-state index contributed by atoms with van der Waals surface area (Å²) in [4.78, 5) is 26.8. The van der Waals surface area contributed by atoms with E-state index in [1.165, 1.54) is 24.4 Å². The molecule has 108 valence electrons. The van der Waals surface area contributed by atoms with Gasteiger partial charge in [0.25, 0.3) is 5.91 Å². The third-order valence-corrected chi connectivity index (χ3v) is 3.89. The number of pyridine rings is 1. The van der Waals surface area contributed by atoms with Crippen LogP contribution in [0.1, 0.15) is 20.7 Å². The minimum atomic E-state index is -1.10. The molecule has 0 saturated carbocycles. The first kappa shape index (κ1) is 15.8. The smallest absolute Gasteiger partial charge is 0.336 e. The lowest BCUT2D eigenvalue weighted by atomic mass is 10.2. The Balaban J connectivity index is 2.25. The Hall–Kier alpha value is -1.63. The first-order chi connectivity index (χ1) is 9.88. The van der Waals surface area contributed by atoms with Crippen LogP contribution in [0.5, 0.6) is 0 Å². The van der Waals surface area contributed by atoms with Crippen molar-refractivity contribution in [3.05, 3.63) is 56.2 Å². The number of amides is 1. The van der Waals surface area contributed by atoms with E-state index in [2.05, 4.69) is 26.2 Å². The summed E-state index contributed by atoms with van der Waals surface area (Å²) in [6.07, 6.45) is 1.28. The van der Waals surface area contributed by atoms with E-state index in [0.29, 0.717) is 10.2 Å². The maximum atomic E-state index is 12.0. The Morgan fingerprint density at radius 3 is 2.57 bits per heavy atom. The van der Waals surface area contributed by atoms with Gasteiger partial charge in [-0.1, -0.05) is 23.2 Å². The molecule has 5 nitrogen and oxygen atoms in total. The van der Waals surface area contributed by atoms with Crippen molar-refractivity contribution in [3.8, 4) is 0 Å². The van der Waals surface area contributed by atoms with E-state index in [1.54, 1.807) is 6.07 Å². The van der Waals surface area contributed by atoms with E-state index in [9.17, 15) is 9.59 Å². The zero-order chi connectivity index (χ0) is 15.6. The molecule has 2 rings (SSSR count). The van der Waals surface area contributed by atoms with Gasteiger partial charge in [0.1, 0.15) is 5.15 Å². The van der Waals surface area contributed by atoms with Gasteiger partial charge in [0, 0.05) is 16.4 Å². The number of halogens is 3. The van der Waals surface area contributed by atoms with Crippen LogP contribution in [0.4, 0.5) is 5.69 Å². The average molecular weight is 390 g/mol. The number of nitrogens with zero attached hydrogens (tertiary/aromatic N) is 1. The van der Waals surface area contributed by atoms with Gasteiger partial charge >= 0.3 is 5.97 Å².